The van der Waals surface area contributed by atoms with Crippen LogP contribution in [0.5, 0.6) is 0 Å². The van der Waals surface area contributed by atoms with Gasteiger partial charge in [-0.3, -0.25) is 0 Å². The van der Waals surface area contributed by atoms with Gasteiger partial charge < -0.3 is 20.0 Å². The minimum atomic E-state index is 0.705. The summed E-state index contributed by atoms with van der Waals surface area (Å²) in [4.78, 5) is 16.8. The average molecular weight is 387 g/mol. The van der Waals surface area contributed by atoms with Crippen molar-refractivity contribution in [2.75, 3.05) is 57.8 Å². The molecule has 0 saturated carbocycles. The second-order valence-corrected chi connectivity index (χ2v) is 8.71. The van der Waals surface area contributed by atoms with Gasteiger partial charge in [-0.25, -0.2) is 9.98 Å². The van der Waals surface area contributed by atoms with Crippen LogP contribution >= 0.6 is 0 Å². The normalized spacial score (nSPS) is 21.6. The number of rotatable bonds is 6. The van der Waals surface area contributed by atoms with E-state index in [2.05, 4.69) is 65.0 Å². The Hall–Kier alpha value is -1.82. The highest BCUT2D eigenvalue weighted by atomic mass is 15.3. The van der Waals surface area contributed by atoms with Crippen LogP contribution in [0.2, 0.25) is 0 Å². The van der Waals surface area contributed by atoms with Crippen LogP contribution in [0.15, 0.2) is 23.3 Å². The zero-order chi connectivity index (χ0) is 19.9. The predicted octanol–water partition coefficient (Wildman–Crippen LogP) is 2.67. The largest absolute Gasteiger partial charge is 0.357 e. The Morgan fingerprint density at radius 1 is 1.25 bits per heavy atom. The van der Waals surface area contributed by atoms with Crippen molar-refractivity contribution in [3.63, 3.8) is 0 Å². The van der Waals surface area contributed by atoms with Gasteiger partial charge in [-0.05, 0) is 56.3 Å². The first-order chi connectivity index (χ1) is 13.5. The van der Waals surface area contributed by atoms with E-state index in [1.54, 1.807) is 0 Å². The van der Waals surface area contributed by atoms with Gasteiger partial charge in [0.05, 0.1) is 6.54 Å². The number of aromatic nitrogens is 1. The smallest absolute Gasteiger partial charge is 0.194 e. The number of likely N-dealkylation sites (tertiary alicyclic amines) is 1. The molecule has 156 valence electrons. The minimum absolute atomic E-state index is 0.705. The lowest BCUT2D eigenvalue weighted by molar-refractivity contribution is 0.312. The van der Waals surface area contributed by atoms with Crippen LogP contribution in [0, 0.1) is 11.8 Å². The van der Waals surface area contributed by atoms with E-state index in [1.807, 2.05) is 6.20 Å². The van der Waals surface area contributed by atoms with Crippen molar-refractivity contribution in [2.24, 2.45) is 16.8 Å². The summed E-state index contributed by atoms with van der Waals surface area (Å²) in [6.45, 7) is 14.9. The summed E-state index contributed by atoms with van der Waals surface area (Å²) in [6.07, 6.45) is 4.53. The molecule has 2 aliphatic rings. The highest BCUT2D eigenvalue weighted by molar-refractivity contribution is 5.80. The molecule has 0 aliphatic carbocycles. The number of aliphatic imine (C=N–C) groups is 1. The van der Waals surface area contributed by atoms with Crippen molar-refractivity contribution < 1.29 is 0 Å². The van der Waals surface area contributed by atoms with Crippen molar-refractivity contribution >= 4 is 11.8 Å². The van der Waals surface area contributed by atoms with Crippen molar-refractivity contribution in [3.05, 3.63) is 23.9 Å². The number of anilines is 1. The number of guanidine groups is 1. The third kappa shape index (κ3) is 5.84. The summed E-state index contributed by atoms with van der Waals surface area (Å²) < 4.78 is 0. The predicted molar refractivity (Wildman–Crippen MR) is 118 cm³/mol. The Morgan fingerprint density at radius 3 is 2.75 bits per heavy atom. The van der Waals surface area contributed by atoms with Crippen LogP contribution in [-0.2, 0) is 6.54 Å². The molecule has 0 bridgehead atoms. The van der Waals surface area contributed by atoms with E-state index in [1.165, 1.54) is 18.4 Å². The molecule has 1 aromatic rings. The highest BCUT2D eigenvalue weighted by Gasteiger charge is 2.25. The summed E-state index contributed by atoms with van der Waals surface area (Å²) in [7, 11) is 2.18. The molecule has 1 N–H and O–H groups in total. The van der Waals surface area contributed by atoms with Gasteiger partial charge in [0.1, 0.15) is 5.82 Å². The van der Waals surface area contributed by atoms with Gasteiger partial charge >= 0.3 is 0 Å². The third-order valence-corrected chi connectivity index (χ3v) is 5.77. The van der Waals surface area contributed by atoms with Crippen LogP contribution in [0.1, 0.15) is 39.2 Å². The van der Waals surface area contributed by atoms with Crippen molar-refractivity contribution in [1.29, 1.82) is 0 Å². The van der Waals surface area contributed by atoms with Crippen LogP contribution in [0.4, 0.5) is 5.82 Å². The molecule has 3 rings (SSSR count). The fourth-order valence-electron chi connectivity index (χ4n) is 4.24. The van der Waals surface area contributed by atoms with Crippen LogP contribution in [0.25, 0.3) is 0 Å². The Bertz CT molecular complexity index is 636. The van der Waals surface area contributed by atoms with E-state index >= 15 is 0 Å². The molecule has 0 amide bonds. The molecule has 1 aromatic heterocycles. The van der Waals surface area contributed by atoms with Gasteiger partial charge in [-0.1, -0.05) is 13.8 Å². The third-order valence-electron chi connectivity index (χ3n) is 5.77. The summed E-state index contributed by atoms with van der Waals surface area (Å²) in [5, 5.41) is 3.50. The molecule has 2 saturated heterocycles. The SMILES string of the molecule is CCNC(=NCc1ccnc(N2CCN(C)CC2)c1)N1CCC(CC(C)C)C1. The Morgan fingerprint density at radius 2 is 2.04 bits per heavy atom. The molecular weight excluding hydrogens is 348 g/mol. The van der Waals surface area contributed by atoms with E-state index in [-0.39, 0.29) is 0 Å². The van der Waals surface area contributed by atoms with Crippen molar-refractivity contribution in [2.45, 2.75) is 40.2 Å². The van der Waals surface area contributed by atoms with Gasteiger partial charge in [0.15, 0.2) is 5.96 Å². The molecule has 0 aromatic carbocycles. The standard InChI is InChI=1S/C22H38N6/c1-5-23-22(28-9-7-20(17-28)14-18(2)3)25-16-19-6-8-24-21(15-19)27-12-10-26(4)11-13-27/h6,8,15,18,20H,5,7,9-14,16-17H2,1-4H3,(H,23,25). The lowest BCUT2D eigenvalue weighted by atomic mass is 9.97. The molecule has 1 atom stereocenters. The molecule has 0 spiro atoms. The lowest BCUT2D eigenvalue weighted by Crippen LogP contribution is -2.44. The topological polar surface area (TPSA) is 47.0 Å². The number of piperazine rings is 1. The van der Waals surface area contributed by atoms with E-state index in [0.717, 1.165) is 69.4 Å². The fourth-order valence-corrected chi connectivity index (χ4v) is 4.24. The van der Waals surface area contributed by atoms with Crippen LogP contribution in [-0.4, -0.2) is 73.6 Å². The maximum atomic E-state index is 4.95. The monoisotopic (exact) mass is 386 g/mol. The second kappa shape index (κ2) is 10.1. The second-order valence-electron chi connectivity index (χ2n) is 8.71. The quantitative estimate of drug-likeness (QED) is 0.602. The first-order valence-electron chi connectivity index (χ1n) is 11.0. The summed E-state index contributed by atoms with van der Waals surface area (Å²) in [5.41, 5.74) is 1.23. The van der Waals surface area contributed by atoms with E-state index in [0.29, 0.717) is 6.54 Å². The van der Waals surface area contributed by atoms with E-state index in [9.17, 15) is 0 Å². The number of nitrogens with zero attached hydrogens (tertiary/aromatic N) is 5. The fraction of sp³-hybridized carbons (Fsp3) is 0.727. The van der Waals surface area contributed by atoms with Crippen LogP contribution < -0.4 is 10.2 Å². The molecule has 28 heavy (non-hydrogen) atoms. The molecule has 6 heteroatoms. The molecule has 2 aliphatic heterocycles. The van der Waals surface area contributed by atoms with E-state index < -0.39 is 0 Å². The summed E-state index contributed by atoms with van der Waals surface area (Å²) in [5.74, 6) is 3.72. The molecule has 0 radical (unpaired) electrons. The van der Waals surface area contributed by atoms with Gasteiger partial charge in [0, 0.05) is 52.0 Å². The Balaban J connectivity index is 1.62. The van der Waals surface area contributed by atoms with Crippen LogP contribution in [0.3, 0.4) is 0 Å². The van der Waals surface area contributed by atoms with E-state index in [4.69, 9.17) is 4.99 Å². The number of hydrogen-bond donors (Lipinski definition) is 1. The lowest BCUT2D eigenvalue weighted by Gasteiger charge is -2.33. The molecule has 3 heterocycles. The zero-order valence-electron chi connectivity index (χ0n) is 18.2. The van der Waals surface area contributed by atoms with Crippen molar-refractivity contribution in [3.8, 4) is 0 Å². The Labute approximate surface area is 171 Å². The first kappa shape index (κ1) is 20.9. The molecule has 1 unspecified atom stereocenters. The summed E-state index contributed by atoms with van der Waals surface area (Å²) in [6, 6.07) is 4.31. The van der Waals surface area contributed by atoms with Crippen molar-refractivity contribution in [1.82, 2.24) is 20.1 Å². The molecule has 2 fully saturated rings. The van der Waals surface area contributed by atoms with Gasteiger partial charge in [-0.15, -0.1) is 0 Å². The maximum absolute atomic E-state index is 4.95. The van der Waals surface area contributed by atoms with Gasteiger partial charge in [0.25, 0.3) is 0 Å². The summed E-state index contributed by atoms with van der Waals surface area (Å²) >= 11 is 0. The molecule has 6 nitrogen and oxygen atoms in total. The average Bonchev–Trinajstić information content (AvgIpc) is 3.13. The Kier molecular flexibility index (Phi) is 7.54. The van der Waals surface area contributed by atoms with Gasteiger partial charge in [0.2, 0.25) is 0 Å². The number of nitrogens with one attached hydrogen (secondary N) is 1. The molecular formula is C22H38N6. The highest BCUT2D eigenvalue weighted by Crippen LogP contribution is 2.23. The minimum Gasteiger partial charge on any atom is -0.357 e. The zero-order valence-corrected chi connectivity index (χ0v) is 18.2. The van der Waals surface area contributed by atoms with Gasteiger partial charge in [-0.2, -0.15) is 0 Å². The maximum Gasteiger partial charge on any atom is 0.194 e. The first-order valence-corrected chi connectivity index (χ1v) is 11.0. The number of pyridine rings is 1. The number of likely N-dealkylation sites (N-methyl/N-ethyl adjacent to an activating group) is 1. The number of hydrogen-bond acceptors (Lipinski definition) is 4.